The number of thioether (sulfide) groups is 1. The molecule has 0 unspecified atom stereocenters. The first-order valence-electron chi connectivity index (χ1n) is 8.43. The van der Waals surface area contributed by atoms with Gasteiger partial charge in [-0.15, -0.1) is 11.8 Å². The van der Waals surface area contributed by atoms with E-state index >= 15 is 0 Å². The molecule has 0 bridgehead atoms. The van der Waals surface area contributed by atoms with Crippen LogP contribution in [0.1, 0.15) is 30.0 Å². The molecule has 3 atom stereocenters. The highest BCUT2D eigenvalue weighted by Crippen LogP contribution is 2.50. The number of carbonyl (C=O) groups excluding carboxylic acids is 1. The summed E-state index contributed by atoms with van der Waals surface area (Å²) in [5.41, 5.74) is 4.25. The van der Waals surface area contributed by atoms with Crippen molar-refractivity contribution in [1.82, 2.24) is 0 Å². The third-order valence-corrected chi connectivity index (χ3v) is 6.01. The van der Waals surface area contributed by atoms with Crippen molar-refractivity contribution in [1.29, 1.82) is 0 Å². The fraction of sp³-hybridized carbons (Fsp3) is 0.286. The van der Waals surface area contributed by atoms with Crippen LogP contribution in [-0.2, 0) is 4.79 Å². The normalized spacial score (nSPS) is 24.2. The number of hydrogen-bond acceptors (Lipinski definition) is 4. The first-order valence-corrected chi connectivity index (χ1v) is 9.66. The highest BCUT2D eigenvalue weighted by atomic mass is 32.2. The molecule has 4 heteroatoms. The van der Waals surface area contributed by atoms with Crippen molar-refractivity contribution in [3.63, 3.8) is 0 Å². The van der Waals surface area contributed by atoms with Gasteiger partial charge in [0.25, 0.3) is 0 Å². The molecule has 1 aliphatic heterocycles. The summed E-state index contributed by atoms with van der Waals surface area (Å²) in [4.78, 5) is 14.1. The summed E-state index contributed by atoms with van der Waals surface area (Å²) in [6.45, 7) is 1.92. The molecule has 0 aromatic heterocycles. The zero-order chi connectivity index (χ0) is 17.6. The fourth-order valence-electron chi connectivity index (χ4n) is 3.96. The molecule has 25 heavy (non-hydrogen) atoms. The molecule has 128 valence electrons. The van der Waals surface area contributed by atoms with Gasteiger partial charge in [-0.3, -0.25) is 4.79 Å². The van der Waals surface area contributed by atoms with Crippen molar-refractivity contribution in [2.24, 2.45) is 5.92 Å². The Kier molecular flexibility index (Phi) is 4.08. The Morgan fingerprint density at radius 2 is 1.88 bits per heavy atom. The number of nitrogens with one attached hydrogen (secondary N) is 1. The monoisotopic (exact) mass is 351 g/mol. The molecule has 0 fully saturated rings. The Labute approximate surface area is 152 Å². The number of methoxy groups -OCH3 is 1. The molecular weight excluding hydrogens is 330 g/mol. The van der Waals surface area contributed by atoms with E-state index in [1.165, 1.54) is 4.90 Å². The van der Waals surface area contributed by atoms with Gasteiger partial charge >= 0.3 is 0 Å². The number of ether oxygens (including phenoxy) is 1. The zero-order valence-corrected chi connectivity index (χ0v) is 15.4. The van der Waals surface area contributed by atoms with Crippen LogP contribution in [0.5, 0.6) is 5.75 Å². The Hall–Kier alpha value is -2.20. The van der Waals surface area contributed by atoms with E-state index in [9.17, 15) is 4.79 Å². The Bertz CT molecular complexity index is 857. The molecule has 1 heterocycles. The average molecular weight is 351 g/mol. The summed E-state index contributed by atoms with van der Waals surface area (Å²) >= 11 is 1.73. The Morgan fingerprint density at radius 3 is 2.56 bits per heavy atom. The van der Waals surface area contributed by atoms with Crippen molar-refractivity contribution >= 4 is 23.2 Å². The molecule has 3 nitrogen and oxygen atoms in total. The lowest BCUT2D eigenvalue weighted by atomic mass is 9.76. The van der Waals surface area contributed by atoms with Gasteiger partial charge in [0.15, 0.2) is 5.78 Å². The first kappa shape index (κ1) is 16.3. The van der Waals surface area contributed by atoms with Crippen LogP contribution in [0, 0.1) is 5.92 Å². The minimum absolute atomic E-state index is 0.0111. The van der Waals surface area contributed by atoms with Crippen LogP contribution >= 0.6 is 11.8 Å². The minimum Gasteiger partial charge on any atom is -0.497 e. The van der Waals surface area contributed by atoms with Crippen molar-refractivity contribution < 1.29 is 9.53 Å². The summed E-state index contributed by atoms with van der Waals surface area (Å²) in [6.07, 6.45) is 4.19. The summed E-state index contributed by atoms with van der Waals surface area (Å²) in [5.74, 6) is 1.07. The van der Waals surface area contributed by atoms with Gasteiger partial charge in [-0.25, -0.2) is 0 Å². The maximum absolute atomic E-state index is 12.9. The third kappa shape index (κ3) is 2.65. The van der Waals surface area contributed by atoms with Gasteiger partial charge < -0.3 is 10.1 Å². The van der Waals surface area contributed by atoms with E-state index in [4.69, 9.17) is 4.74 Å². The molecule has 0 spiro atoms. The maximum atomic E-state index is 12.9. The Balaban J connectivity index is 1.80. The Morgan fingerprint density at radius 1 is 1.12 bits per heavy atom. The number of benzene rings is 2. The van der Waals surface area contributed by atoms with Gasteiger partial charge in [-0.05, 0) is 60.2 Å². The van der Waals surface area contributed by atoms with E-state index in [-0.39, 0.29) is 23.7 Å². The molecular formula is C21H21NO2S. The van der Waals surface area contributed by atoms with E-state index < -0.39 is 0 Å². The summed E-state index contributed by atoms with van der Waals surface area (Å²) in [7, 11) is 1.67. The molecule has 2 aliphatic rings. The van der Waals surface area contributed by atoms with Crippen molar-refractivity contribution in [3.8, 4) is 5.75 Å². The molecule has 1 aliphatic carbocycles. The predicted octanol–water partition coefficient (Wildman–Crippen LogP) is 4.81. The average Bonchev–Trinajstić information content (AvgIpc) is 2.96. The van der Waals surface area contributed by atoms with Gasteiger partial charge in [0.05, 0.1) is 19.1 Å². The standard InChI is InChI=1S/C21H21NO2S/c1-12-10-17-16-11-14(24-2)6-9-18(16)22-20(19(17)21(12)23)13-4-7-15(25-3)8-5-13/h4-11,17,19-20,22H,1-3H3/t17-,19-,20+/m0/s1. The highest BCUT2D eigenvalue weighted by molar-refractivity contribution is 7.98. The van der Waals surface area contributed by atoms with Gasteiger partial charge in [-0.1, -0.05) is 18.2 Å². The van der Waals surface area contributed by atoms with Crippen LogP contribution in [0.3, 0.4) is 0 Å². The lowest BCUT2D eigenvalue weighted by Gasteiger charge is -2.36. The smallest absolute Gasteiger partial charge is 0.164 e. The quantitative estimate of drug-likeness (QED) is 0.805. The second kappa shape index (κ2) is 6.26. The molecule has 0 saturated heterocycles. The third-order valence-electron chi connectivity index (χ3n) is 5.27. The van der Waals surface area contributed by atoms with Crippen LogP contribution in [-0.4, -0.2) is 19.1 Å². The second-order valence-corrected chi connectivity index (χ2v) is 7.49. The SMILES string of the molecule is COc1ccc2c(c1)[C@@H]1C=C(C)C(=O)[C@@H]1[C@@H](c1ccc(SC)cc1)N2. The molecule has 2 aromatic rings. The maximum Gasteiger partial charge on any atom is 0.164 e. The number of hydrogen-bond donors (Lipinski definition) is 1. The van der Waals surface area contributed by atoms with E-state index in [1.807, 2.05) is 13.0 Å². The number of ketones is 1. The van der Waals surface area contributed by atoms with Crippen molar-refractivity contribution in [2.75, 3.05) is 18.7 Å². The van der Waals surface area contributed by atoms with Crippen LogP contribution in [0.4, 0.5) is 5.69 Å². The summed E-state index contributed by atoms with van der Waals surface area (Å²) in [5, 5.41) is 3.61. The molecule has 1 N–H and O–H groups in total. The van der Waals surface area contributed by atoms with E-state index in [2.05, 4.69) is 54.0 Å². The van der Waals surface area contributed by atoms with E-state index in [0.717, 1.165) is 28.1 Å². The number of fused-ring (bicyclic) bond motifs is 3. The lowest BCUT2D eigenvalue weighted by molar-refractivity contribution is -0.119. The topological polar surface area (TPSA) is 38.3 Å². The minimum atomic E-state index is -0.0975. The van der Waals surface area contributed by atoms with Crippen LogP contribution in [0.15, 0.2) is 59.0 Å². The van der Waals surface area contributed by atoms with Crippen molar-refractivity contribution in [2.45, 2.75) is 23.8 Å². The number of anilines is 1. The van der Waals surface area contributed by atoms with E-state index in [0.29, 0.717) is 0 Å². The largest absolute Gasteiger partial charge is 0.497 e. The molecule has 0 saturated carbocycles. The van der Waals surface area contributed by atoms with Gasteiger partial charge in [0.1, 0.15) is 5.75 Å². The first-order chi connectivity index (χ1) is 12.1. The molecule has 4 rings (SSSR count). The molecule has 2 aromatic carbocycles. The van der Waals surface area contributed by atoms with Gasteiger partial charge in [-0.2, -0.15) is 0 Å². The van der Waals surface area contributed by atoms with Crippen LogP contribution < -0.4 is 10.1 Å². The highest BCUT2D eigenvalue weighted by Gasteiger charge is 2.44. The predicted molar refractivity (Wildman–Crippen MR) is 103 cm³/mol. The van der Waals surface area contributed by atoms with Crippen LogP contribution in [0.25, 0.3) is 0 Å². The number of rotatable bonds is 3. The number of Topliss-reactive ketones (excluding diaryl/α,β-unsaturated/α-hetero) is 1. The van der Waals surface area contributed by atoms with Gasteiger partial charge in [0, 0.05) is 16.5 Å². The summed E-state index contributed by atoms with van der Waals surface area (Å²) in [6, 6.07) is 14.6. The fourth-order valence-corrected chi connectivity index (χ4v) is 4.37. The van der Waals surface area contributed by atoms with Crippen LogP contribution in [0.2, 0.25) is 0 Å². The zero-order valence-electron chi connectivity index (χ0n) is 14.6. The lowest BCUT2D eigenvalue weighted by Crippen LogP contribution is -2.33. The summed E-state index contributed by atoms with van der Waals surface area (Å²) < 4.78 is 5.38. The van der Waals surface area contributed by atoms with E-state index in [1.54, 1.807) is 18.9 Å². The molecule has 0 amide bonds. The second-order valence-electron chi connectivity index (χ2n) is 6.61. The van der Waals surface area contributed by atoms with Crippen molar-refractivity contribution in [3.05, 3.63) is 65.2 Å². The number of allylic oxidation sites excluding steroid dienone is 2. The van der Waals surface area contributed by atoms with Gasteiger partial charge in [0.2, 0.25) is 0 Å². The number of carbonyl (C=O) groups is 1. The molecule has 0 radical (unpaired) electrons.